The lowest BCUT2D eigenvalue weighted by molar-refractivity contribution is 0.0593. The minimum Gasteiger partial charge on any atom is -0.468 e. The third-order valence-corrected chi connectivity index (χ3v) is 2.38. The minimum atomic E-state index is -0.609. The van der Waals surface area contributed by atoms with Crippen LogP contribution in [0.15, 0.2) is 33.5 Å². The average molecular weight is 234 g/mol. The number of ether oxygens (including phenoxy) is 2. The van der Waals surface area contributed by atoms with Crippen LogP contribution in [0, 0.1) is 0 Å². The number of hydrogen-bond donors (Lipinski definition) is 0. The normalized spacial score (nSPS) is 10.2. The van der Waals surface area contributed by atoms with Gasteiger partial charge in [0.2, 0.25) is 0 Å². The molecule has 0 unspecified atom stereocenters. The van der Waals surface area contributed by atoms with E-state index in [2.05, 4.69) is 4.74 Å². The van der Waals surface area contributed by atoms with E-state index in [-0.39, 0.29) is 11.5 Å². The number of methoxy groups -OCH3 is 2. The van der Waals surface area contributed by atoms with Crippen LogP contribution in [0.25, 0.3) is 10.8 Å². The predicted octanol–water partition coefficient (Wildman–Crippen LogP) is 1.59. The Hall–Kier alpha value is -2.30. The van der Waals surface area contributed by atoms with Crippen molar-refractivity contribution in [3.8, 4) is 5.95 Å². The number of carbonyl (C=O) groups is 1. The Kier molecular flexibility index (Phi) is 2.82. The van der Waals surface area contributed by atoms with Crippen molar-refractivity contribution in [2.75, 3.05) is 14.2 Å². The van der Waals surface area contributed by atoms with E-state index >= 15 is 0 Å². The molecule has 0 saturated carbocycles. The first-order valence-corrected chi connectivity index (χ1v) is 4.87. The van der Waals surface area contributed by atoms with E-state index in [9.17, 15) is 9.59 Å². The minimum absolute atomic E-state index is 0.116. The van der Waals surface area contributed by atoms with Gasteiger partial charge in [-0.25, -0.2) is 9.59 Å². The van der Waals surface area contributed by atoms with Crippen molar-refractivity contribution >= 4 is 16.7 Å². The van der Waals surface area contributed by atoms with Crippen LogP contribution in [-0.2, 0) is 4.74 Å². The zero-order valence-electron chi connectivity index (χ0n) is 9.35. The van der Waals surface area contributed by atoms with Crippen molar-refractivity contribution in [3.63, 3.8) is 0 Å². The Bertz CT molecular complexity index is 626. The topological polar surface area (TPSA) is 65.7 Å². The second kappa shape index (κ2) is 4.29. The molecule has 0 atom stereocenters. The summed E-state index contributed by atoms with van der Waals surface area (Å²) in [6.45, 7) is 0. The SMILES string of the molecule is COC(=O)c1c(OC)oc(=O)c2ccccc12. The van der Waals surface area contributed by atoms with Gasteiger partial charge in [-0.1, -0.05) is 18.2 Å². The molecule has 1 aromatic heterocycles. The molecule has 0 spiro atoms. The summed E-state index contributed by atoms with van der Waals surface area (Å²) in [5.41, 5.74) is -0.435. The molecule has 5 heteroatoms. The van der Waals surface area contributed by atoms with E-state index in [4.69, 9.17) is 9.15 Å². The first kappa shape index (κ1) is 11.2. The Labute approximate surface area is 96.6 Å². The zero-order chi connectivity index (χ0) is 12.4. The van der Waals surface area contributed by atoms with E-state index in [0.717, 1.165) is 0 Å². The molecular formula is C12H10O5. The lowest BCUT2D eigenvalue weighted by Gasteiger charge is -2.07. The second-order valence-electron chi connectivity index (χ2n) is 3.29. The number of fused-ring (bicyclic) bond motifs is 1. The van der Waals surface area contributed by atoms with Crippen LogP contribution in [0.2, 0.25) is 0 Å². The highest BCUT2D eigenvalue weighted by Gasteiger charge is 2.21. The maximum atomic E-state index is 11.7. The monoisotopic (exact) mass is 234 g/mol. The summed E-state index contributed by atoms with van der Waals surface area (Å²) in [7, 11) is 2.57. The highest BCUT2D eigenvalue weighted by atomic mass is 16.6. The fourth-order valence-corrected chi connectivity index (χ4v) is 1.62. The molecule has 0 fully saturated rings. The number of carbonyl (C=O) groups excluding carboxylic acids is 1. The first-order chi connectivity index (χ1) is 8.19. The fraction of sp³-hybridized carbons (Fsp3) is 0.167. The van der Waals surface area contributed by atoms with E-state index in [1.54, 1.807) is 24.3 Å². The molecule has 5 nitrogen and oxygen atoms in total. The highest BCUT2D eigenvalue weighted by Crippen LogP contribution is 2.25. The van der Waals surface area contributed by atoms with Crippen molar-refractivity contribution in [1.29, 1.82) is 0 Å². The van der Waals surface area contributed by atoms with Crippen molar-refractivity contribution in [3.05, 3.63) is 40.2 Å². The zero-order valence-corrected chi connectivity index (χ0v) is 9.35. The molecule has 2 rings (SSSR count). The van der Waals surface area contributed by atoms with Gasteiger partial charge in [0, 0.05) is 5.39 Å². The molecule has 0 aliphatic heterocycles. The molecule has 0 bridgehead atoms. The quantitative estimate of drug-likeness (QED) is 0.738. The van der Waals surface area contributed by atoms with Gasteiger partial charge in [0.25, 0.3) is 0 Å². The molecule has 0 amide bonds. The summed E-state index contributed by atoms with van der Waals surface area (Å²) in [6.07, 6.45) is 0. The Morgan fingerprint density at radius 2 is 1.82 bits per heavy atom. The summed E-state index contributed by atoms with van der Waals surface area (Å²) in [6, 6.07) is 6.62. The lowest BCUT2D eigenvalue weighted by atomic mass is 10.1. The van der Waals surface area contributed by atoms with Crippen LogP contribution in [-0.4, -0.2) is 20.2 Å². The van der Waals surface area contributed by atoms with Crippen LogP contribution in [0.5, 0.6) is 5.95 Å². The highest BCUT2D eigenvalue weighted by molar-refractivity contribution is 6.05. The molecule has 0 aliphatic carbocycles. The van der Waals surface area contributed by atoms with Gasteiger partial charge in [-0.15, -0.1) is 0 Å². The molecular weight excluding hydrogens is 224 g/mol. The summed E-state index contributed by atoms with van der Waals surface area (Å²) >= 11 is 0. The van der Waals surface area contributed by atoms with Crippen LogP contribution >= 0.6 is 0 Å². The van der Waals surface area contributed by atoms with Crippen LogP contribution < -0.4 is 10.4 Å². The number of rotatable bonds is 2. The Balaban J connectivity index is 2.91. The van der Waals surface area contributed by atoms with Gasteiger partial charge in [-0.2, -0.15) is 0 Å². The summed E-state index contributed by atoms with van der Waals surface area (Å²) in [5.74, 6) is -0.748. The predicted molar refractivity (Wildman–Crippen MR) is 60.4 cm³/mol. The summed E-state index contributed by atoms with van der Waals surface area (Å²) < 4.78 is 14.5. The van der Waals surface area contributed by atoms with E-state index < -0.39 is 11.6 Å². The maximum Gasteiger partial charge on any atom is 0.346 e. The molecule has 1 aromatic carbocycles. The molecule has 1 heterocycles. The third-order valence-electron chi connectivity index (χ3n) is 2.38. The van der Waals surface area contributed by atoms with Gasteiger partial charge >= 0.3 is 17.5 Å². The Morgan fingerprint density at radius 3 is 2.41 bits per heavy atom. The number of benzene rings is 1. The first-order valence-electron chi connectivity index (χ1n) is 4.87. The van der Waals surface area contributed by atoms with Gasteiger partial charge in [-0.05, 0) is 6.07 Å². The van der Waals surface area contributed by atoms with Crippen molar-refractivity contribution < 1.29 is 18.7 Å². The van der Waals surface area contributed by atoms with E-state index in [1.807, 2.05) is 0 Å². The van der Waals surface area contributed by atoms with Crippen molar-refractivity contribution in [2.24, 2.45) is 0 Å². The van der Waals surface area contributed by atoms with Gasteiger partial charge in [0.05, 0.1) is 19.6 Å². The van der Waals surface area contributed by atoms with Gasteiger partial charge in [-0.3, -0.25) is 0 Å². The lowest BCUT2D eigenvalue weighted by Crippen LogP contribution is -2.10. The van der Waals surface area contributed by atoms with Crippen molar-refractivity contribution in [2.45, 2.75) is 0 Å². The van der Waals surface area contributed by atoms with Crippen molar-refractivity contribution in [1.82, 2.24) is 0 Å². The molecule has 0 radical (unpaired) electrons. The van der Waals surface area contributed by atoms with Gasteiger partial charge in [0.15, 0.2) is 0 Å². The second-order valence-corrected chi connectivity index (χ2v) is 3.29. The molecule has 0 aliphatic rings. The molecule has 2 aromatic rings. The summed E-state index contributed by atoms with van der Waals surface area (Å²) in [5, 5.41) is 0.765. The fourth-order valence-electron chi connectivity index (χ4n) is 1.62. The standard InChI is InChI=1S/C12H10O5/c1-15-11(14)9-7-5-3-4-6-8(7)10(13)17-12(9)16-2/h3-6H,1-2H3. The van der Waals surface area contributed by atoms with E-state index in [0.29, 0.717) is 10.8 Å². The molecule has 0 N–H and O–H groups in total. The number of hydrogen-bond acceptors (Lipinski definition) is 5. The third kappa shape index (κ3) is 1.75. The van der Waals surface area contributed by atoms with Crippen LogP contribution in [0.4, 0.5) is 0 Å². The largest absolute Gasteiger partial charge is 0.468 e. The molecule has 88 valence electrons. The van der Waals surface area contributed by atoms with Crippen LogP contribution in [0.1, 0.15) is 10.4 Å². The summed E-state index contributed by atoms with van der Waals surface area (Å²) in [4.78, 5) is 23.3. The Morgan fingerprint density at radius 1 is 1.18 bits per heavy atom. The smallest absolute Gasteiger partial charge is 0.346 e. The average Bonchev–Trinajstić information content (AvgIpc) is 2.37. The number of esters is 1. The van der Waals surface area contributed by atoms with Gasteiger partial charge < -0.3 is 13.9 Å². The van der Waals surface area contributed by atoms with E-state index in [1.165, 1.54) is 14.2 Å². The van der Waals surface area contributed by atoms with Crippen LogP contribution in [0.3, 0.4) is 0 Å². The maximum absolute atomic E-state index is 11.7. The van der Waals surface area contributed by atoms with Gasteiger partial charge in [0.1, 0.15) is 5.56 Å². The molecule has 17 heavy (non-hydrogen) atoms. The molecule has 0 saturated heterocycles.